The molecule has 0 aliphatic carbocycles. The molecule has 0 aromatic heterocycles. The van der Waals surface area contributed by atoms with E-state index in [-0.39, 0.29) is 4.90 Å². The minimum atomic E-state index is -3.46. The van der Waals surface area contributed by atoms with E-state index in [9.17, 15) is 12.8 Å². The molecule has 0 saturated heterocycles. The van der Waals surface area contributed by atoms with Crippen molar-refractivity contribution in [3.8, 4) is 0 Å². The van der Waals surface area contributed by atoms with Crippen molar-refractivity contribution in [2.45, 2.75) is 4.90 Å². The average molecular weight is 203 g/mol. The molecule has 1 rings (SSSR count). The highest BCUT2D eigenvalue weighted by Gasteiger charge is 2.12. The molecule has 0 aliphatic rings. The molecule has 0 aliphatic heterocycles. The van der Waals surface area contributed by atoms with E-state index in [1.54, 1.807) is 0 Å². The summed E-state index contributed by atoms with van der Waals surface area (Å²) in [6, 6.07) is 5.71. The summed E-state index contributed by atoms with van der Waals surface area (Å²) in [5, 5.41) is 0. The van der Waals surface area contributed by atoms with E-state index in [4.69, 9.17) is 5.73 Å². The number of alkyl halides is 1. The molecule has 72 valence electrons. The van der Waals surface area contributed by atoms with E-state index in [2.05, 4.69) is 0 Å². The van der Waals surface area contributed by atoms with Crippen LogP contribution in [0.5, 0.6) is 0 Å². The molecule has 2 N–H and O–H groups in total. The Morgan fingerprint density at radius 3 is 2.23 bits per heavy atom. The highest BCUT2D eigenvalue weighted by atomic mass is 32.2. The summed E-state index contributed by atoms with van der Waals surface area (Å²) in [7, 11) is -3.46. The van der Waals surface area contributed by atoms with Crippen molar-refractivity contribution in [3.63, 3.8) is 0 Å². The number of sulfone groups is 1. The van der Waals surface area contributed by atoms with Gasteiger partial charge in [-0.05, 0) is 24.3 Å². The highest BCUT2D eigenvalue weighted by molar-refractivity contribution is 7.91. The standard InChI is InChI=1S/C8H10FNO2S/c9-5-6-13(11,12)8-3-1-7(10)2-4-8/h1-4H,5-6,10H2. The summed E-state index contributed by atoms with van der Waals surface area (Å²) in [5.41, 5.74) is 5.86. The number of hydrogen-bond donors (Lipinski definition) is 1. The molecule has 0 bridgehead atoms. The Bertz CT molecular complexity index is 372. The van der Waals surface area contributed by atoms with Crippen LogP contribution in [-0.2, 0) is 9.84 Å². The zero-order chi connectivity index (χ0) is 9.90. The highest BCUT2D eigenvalue weighted by Crippen LogP contribution is 2.13. The maximum Gasteiger partial charge on any atom is 0.180 e. The summed E-state index contributed by atoms with van der Waals surface area (Å²) in [6.07, 6.45) is 0. The van der Waals surface area contributed by atoms with Crippen LogP contribution in [0.2, 0.25) is 0 Å². The second-order valence-electron chi connectivity index (χ2n) is 2.58. The molecule has 0 saturated carbocycles. The quantitative estimate of drug-likeness (QED) is 0.746. The lowest BCUT2D eigenvalue weighted by molar-refractivity contribution is 0.517. The summed E-state index contributed by atoms with van der Waals surface area (Å²) in [6.45, 7) is -0.868. The topological polar surface area (TPSA) is 60.2 Å². The number of anilines is 1. The smallest absolute Gasteiger partial charge is 0.180 e. The second-order valence-corrected chi connectivity index (χ2v) is 4.69. The van der Waals surface area contributed by atoms with Gasteiger partial charge in [0.1, 0.15) is 6.67 Å². The van der Waals surface area contributed by atoms with Gasteiger partial charge in [-0.15, -0.1) is 0 Å². The number of nitrogen functional groups attached to an aromatic ring is 1. The molecule has 0 amide bonds. The van der Waals surface area contributed by atoms with Gasteiger partial charge in [0.25, 0.3) is 0 Å². The van der Waals surface area contributed by atoms with Crippen LogP contribution in [0, 0.1) is 0 Å². The molecule has 0 fully saturated rings. The van der Waals surface area contributed by atoms with Crippen LogP contribution in [-0.4, -0.2) is 20.8 Å². The Labute approximate surface area is 76.3 Å². The number of nitrogens with two attached hydrogens (primary N) is 1. The fraction of sp³-hybridized carbons (Fsp3) is 0.250. The second kappa shape index (κ2) is 3.74. The molecule has 0 heterocycles. The molecular weight excluding hydrogens is 193 g/mol. The Morgan fingerprint density at radius 2 is 1.77 bits per heavy atom. The first kappa shape index (κ1) is 9.98. The average Bonchev–Trinajstić information content (AvgIpc) is 2.05. The van der Waals surface area contributed by atoms with Crippen molar-refractivity contribution < 1.29 is 12.8 Å². The minimum absolute atomic E-state index is 0.111. The molecule has 0 unspecified atom stereocenters. The SMILES string of the molecule is Nc1ccc(S(=O)(=O)CCF)cc1. The summed E-state index contributed by atoms with van der Waals surface area (Å²) < 4.78 is 34.4. The molecule has 3 nitrogen and oxygen atoms in total. The maximum atomic E-state index is 11.8. The van der Waals surface area contributed by atoms with E-state index in [1.807, 2.05) is 0 Å². The van der Waals surface area contributed by atoms with Gasteiger partial charge in [0.05, 0.1) is 10.6 Å². The Hall–Kier alpha value is -1.10. The molecule has 13 heavy (non-hydrogen) atoms. The van der Waals surface area contributed by atoms with Crippen LogP contribution >= 0.6 is 0 Å². The van der Waals surface area contributed by atoms with Gasteiger partial charge in [0.2, 0.25) is 0 Å². The van der Waals surface area contributed by atoms with Crippen molar-refractivity contribution in [2.75, 3.05) is 18.2 Å². The number of hydrogen-bond acceptors (Lipinski definition) is 3. The van der Waals surface area contributed by atoms with Crippen molar-refractivity contribution in [3.05, 3.63) is 24.3 Å². The van der Waals surface area contributed by atoms with Crippen LogP contribution in [0.3, 0.4) is 0 Å². The van der Waals surface area contributed by atoms with Crippen molar-refractivity contribution >= 4 is 15.5 Å². The third-order valence-corrected chi connectivity index (χ3v) is 3.27. The molecular formula is C8H10FNO2S. The number of benzene rings is 1. The van der Waals surface area contributed by atoms with E-state index in [0.29, 0.717) is 5.69 Å². The van der Waals surface area contributed by atoms with Gasteiger partial charge >= 0.3 is 0 Å². The molecule has 0 spiro atoms. The van der Waals surface area contributed by atoms with E-state index in [0.717, 1.165) is 0 Å². The fourth-order valence-electron chi connectivity index (χ4n) is 0.895. The van der Waals surface area contributed by atoms with Crippen LogP contribution in [0.1, 0.15) is 0 Å². The molecule has 5 heteroatoms. The van der Waals surface area contributed by atoms with Gasteiger partial charge < -0.3 is 5.73 Å². The van der Waals surface area contributed by atoms with Crippen LogP contribution in [0.25, 0.3) is 0 Å². The van der Waals surface area contributed by atoms with Gasteiger partial charge in [-0.3, -0.25) is 0 Å². The summed E-state index contributed by atoms with van der Waals surface area (Å²) in [4.78, 5) is 0.111. The van der Waals surface area contributed by atoms with E-state index >= 15 is 0 Å². The van der Waals surface area contributed by atoms with Crippen LogP contribution in [0.15, 0.2) is 29.2 Å². The normalized spacial score (nSPS) is 11.5. The molecule has 1 aromatic carbocycles. The van der Waals surface area contributed by atoms with Gasteiger partial charge in [-0.1, -0.05) is 0 Å². The van der Waals surface area contributed by atoms with Gasteiger partial charge in [-0.2, -0.15) is 0 Å². The van der Waals surface area contributed by atoms with Crippen LogP contribution < -0.4 is 5.73 Å². The van der Waals surface area contributed by atoms with Crippen molar-refractivity contribution in [1.82, 2.24) is 0 Å². The monoisotopic (exact) mass is 203 g/mol. The lowest BCUT2D eigenvalue weighted by Crippen LogP contribution is -2.08. The number of halogens is 1. The summed E-state index contributed by atoms with van der Waals surface area (Å²) in [5.74, 6) is -0.475. The number of rotatable bonds is 3. The minimum Gasteiger partial charge on any atom is -0.399 e. The lowest BCUT2D eigenvalue weighted by Gasteiger charge is -2.01. The predicted molar refractivity (Wildman–Crippen MR) is 48.9 cm³/mol. The first-order chi connectivity index (χ1) is 6.06. The predicted octanol–water partition coefficient (Wildman–Crippen LogP) is 1.01. The third kappa shape index (κ3) is 2.42. The van der Waals surface area contributed by atoms with Crippen molar-refractivity contribution in [2.24, 2.45) is 0 Å². The molecule has 1 aromatic rings. The summed E-state index contributed by atoms with van der Waals surface area (Å²) >= 11 is 0. The fourth-order valence-corrected chi connectivity index (χ4v) is 1.88. The molecule has 0 atom stereocenters. The zero-order valence-corrected chi connectivity index (χ0v) is 7.72. The first-order valence-electron chi connectivity index (χ1n) is 3.70. The Balaban J connectivity index is 3.02. The van der Waals surface area contributed by atoms with E-state index < -0.39 is 22.3 Å². The van der Waals surface area contributed by atoms with E-state index in [1.165, 1.54) is 24.3 Å². The largest absolute Gasteiger partial charge is 0.399 e. The third-order valence-electron chi connectivity index (χ3n) is 1.59. The van der Waals surface area contributed by atoms with Crippen LogP contribution in [0.4, 0.5) is 10.1 Å². The van der Waals surface area contributed by atoms with Gasteiger partial charge in [0.15, 0.2) is 9.84 Å². The van der Waals surface area contributed by atoms with Gasteiger partial charge in [-0.25, -0.2) is 12.8 Å². The Morgan fingerprint density at radius 1 is 1.23 bits per heavy atom. The van der Waals surface area contributed by atoms with Crippen molar-refractivity contribution in [1.29, 1.82) is 0 Å². The zero-order valence-electron chi connectivity index (χ0n) is 6.90. The van der Waals surface area contributed by atoms with Gasteiger partial charge in [0, 0.05) is 5.69 Å². The Kier molecular flexibility index (Phi) is 2.87. The lowest BCUT2D eigenvalue weighted by atomic mass is 10.3. The molecule has 0 radical (unpaired) electrons. The first-order valence-corrected chi connectivity index (χ1v) is 5.36. The maximum absolute atomic E-state index is 11.8.